The highest BCUT2D eigenvalue weighted by atomic mass is 35.5. The minimum Gasteiger partial charge on any atom is -0.483 e. The summed E-state index contributed by atoms with van der Waals surface area (Å²) in [6.45, 7) is 4.38. The minimum absolute atomic E-state index is 0.108. The van der Waals surface area contributed by atoms with Crippen LogP contribution in [0.2, 0.25) is 5.02 Å². The summed E-state index contributed by atoms with van der Waals surface area (Å²) < 4.78 is 60.4. The van der Waals surface area contributed by atoms with E-state index in [4.69, 9.17) is 16.3 Å². The smallest absolute Gasteiger partial charge is 0.251 e. The first kappa shape index (κ1) is 23.6. The van der Waals surface area contributed by atoms with E-state index in [1.165, 1.54) is 24.3 Å². The van der Waals surface area contributed by atoms with Gasteiger partial charge in [0.1, 0.15) is 6.61 Å². The van der Waals surface area contributed by atoms with Gasteiger partial charge in [-0.25, -0.2) is 8.78 Å². The summed E-state index contributed by atoms with van der Waals surface area (Å²) in [6.07, 6.45) is 0.650. The number of ether oxygens (including phenoxy) is 1. The van der Waals surface area contributed by atoms with Gasteiger partial charge in [0.15, 0.2) is 17.4 Å². The Morgan fingerprint density at radius 1 is 1.09 bits per heavy atom. The molecule has 0 fully saturated rings. The van der Waals surface area contributed by atoms with Crippen LogP contribution in [0.3, 0.4) is 0 Å². The molecule has 5 nitrogen and oxygen atoms in total. The van der Waals surface area contributed by atoms with Gasteiger partial charge in [0.25, 0.3) is 5.91 Å². The van der Waals surface area contributed by atoms with Crippen molar-refractivity contribution in [2.75, 3.05) is 6.54 Å². The van der Waals surface area contributed by atoms with E-state index in [1.54, 1.807) is 4.68 Å². The van der Waals surface area contributed by atoms with Gasteiger partial charge in [0.2, 0.25) is 11.6 Å². The Kier molecular flexibility index (Phi) is 7.40. The second-order valence-electron chi connectivity index (χ2n) is 7.10. The summed E-state index contributed by atoms with van der Waals surface area (Å²) in [5.41, 5.74) is 2.45. The number of nitrogens with one attached hydrogen (secondary N) is 1. The summed E-state index contributed by atoms with van der Waals surface area (Å²) in [7, 11) is 0. The molecule has 0 atom stereocenters. The average molecular weight is 470 g/mol. The molecule has 1 amide bonds. The van der Waals surface area contributed by atoms with Crippen LogP contribution in [-0.2, 0) is 13.2 Å². The van der Waals surface area contributed by atoms with E-state index >= 15 is 0 Å². The molecule has 0 spiro atoms. The third-order valence-corrected chi connectivity index (χ3v) is 5.34. The molecule has 3 aromatic rings. The van der Waals surface area contributed by atoms with E-state index < -0.39 is 29.0 Å². The number of rotatable bonds is 8. The van der Waals surface area contributed by atoms with Crippen LogP contribution in [0.5, 0.6) is 5.75 Å². The van der Waals surface area contributed by atoms with E-state index in [1.807, 2.05) is 13.8 Å². The lowest BCUT2D eigenvalue weighted by atomic mass is 10.1. The quantitative estimate of drug-likeness (QED) is 0.283. The number of nitrogens with zero attached hydrogens (tertiary/aromatic N) is 2. The van der Waals surface area contributed by atoms with Crippen LogP contribution in [0.25, 0.3) is 0 Å². The number of halogens is 5. The molecule has 1 aromatic heterocycles. The van der Waals surface area contributed by atoms with Crippen molar-refractivity contribution >= 4 is 17.5 Å². The average Bonchev–Trinajstić information content (AvgIpc) is 3.02. The van der Waals surface area contributed by atoms with Crippen LogP contribution in [0.1, 0.15) is 33.7 Å². The summed E-state index contributed by atoms with van der Waals surface area (Å²) >= 11 is 6.11. The lowest BCUT2D eigenvalue weighted by Gasteiger charge is -2.10. The topological polar surface area (TPSA) is 56.2 Å². The van der Waals surface area contributed by atoms with Crippen molar-refractivity contribution in [3.05, 3.63) is 81.1 Å². The third-order valence-electron chi connectivity index (χ3n) is 4.80. The lowest BCUT2D eigenvalue weighted by molar-refractivity contribution is 0.0952. The second-order valence-corrected chi connectivity index (χ2v) is 7.48. The zero-order valence-electron chi connectivity index (χ0n) is 17.3. The molecule has 0 aliphatic heterocycles. The Morgan fingerprint density at radius 2 is 1.72 bits per heavy atom. The van der Waals surface area contributed by atoms with Crippen LogP contribution in [-0.4, -0.2) is 22.2 Å². The van der Waals surface area contributed by atoms with E-state index in [9.17, 15) is 22.4 Å². The fraction of sp³-hybridized carbons (Fsp3) is 0.273. The summed E-state index contributed by atoms with van der Waals surface area (Å²) in [5.74, 6) is -7.75. The Labute approximate surface area is 186 Å². The largest absolute Gasteiger partial charge is 0.483 e. The normalized spacial score (nSPS) is 11.0. The van der Waals surface area contributed by atoms with Gasteiger partial charge in [0.05, 0.1) is 16.4 Å². The molecular weight excluding hydrogens is 450 g/mol. The highest BCUT2D eigenvalue weighted by Crippen LogP contribution is 2.27. The van der Waals surface area contributed by atoms with Crippen molar-refractivity contribution < 1.29 is 27.1 Å². The Bertz CT molecular complexity index is 1110. The number of benzene rings is 2. The molecule has 32 heavy (non-hydrogen) atoms. The molecule has 0 bridgehead atoms. The summed E-state index contributed by atoms with van der Waals surface area (Å²) in [6, 6.07) is 6.15. The fourth-order valence-corrected chi connectivity index (χ4v) is 3.15. The molecule has 1 N–H and O–H groups in total. The van der Waals surface area contributed by atoms with Gasteiger partial charge in [0, 0.05) is 24.7 Å². The first-order valence-corrected chi connectivity index (χ1v) is 10.1. The molecule has 0 radical (unpaired) electrons. The molecule has 1 heterocycles. The molecule has 0 aliphatic carbocycles. The molecule has 0 saturated heterocycles. The van der Waals surface area contributed by atoms with Gasteiger partial charge < -0.3 is 10.1 Å². The van der Waals surface area contributed by atoms with Crippen molar-refractivity contribution in [1.82, 2.24) is 15.1 Å². The first-order valence-electron chi connectivity index (χ1n) is 9.71. The second kappa shape index (κ2) is 10.0. The number of aryl methyl sites for hydroxylation is 2. The maximum Gasteiger partial charge on any atom is 0.251 e. The number of aromatic nitrogens is 2. The van der Waals surface area contributed by atoms with Crippen LogP contribution in [0, 0.1) is 37.1 Å². The van der Waals surface area contributed by atoms with E-state index in [0.29, 0.717) is 35.7 Å². The van der Waals surface area contributed by atoms with Gasteiger partial charge in [-0.2, -0.15) is 13.9 Å². The zero-order valence-corrected chi connectivity index (χ0v) is 18.1. The minimum atomic E-state index is -1.61. The first-order chi connectivity index (χ1) is 15.2. The number of carbonyl (C=O) groups is 1. The van der Waals surface area contributed by atoms with Crippen LogP contribution in [0.15, 0.2) is 30.3 Å². The van der Waals surface area contributed by atoms with Crippen molar-refractivity contribution in [3.8, 4) is 5.75 Å². The Morgan fingerprint density at radius 3 is 2.28 bits per heavy atom. The molecule has 10 heteroatoms. The molecule has 3 rings (SSSR count). The summed E-state index contributed by atoms with van der Waals surface area (Å²) in [4.78, 5) is 12.3. The number of amides is 1. The van der Waals surface area contributed by atoms with Crippen LogP contribution < -0.4 is 10.1 Å². The van der Waals surface area contributed by atoms with Crippen molar-refractivity contribution in [1.29, 1.82) is 0 Å². The third kappa shape index (κ3) is 5.21. The van der Waals surface area contributed by atoms with E-state index in [2.05, 4.69) is 10.4 Å². The van der Waals surface area contributed by atoms with Gasteiger partial charge in [-0.3, -0.25) is 9.48 Å². The molecule has 0 unspecified atom stereocenters. The molecular formula is C22H20ClF4N3O2. The monoisotopic (exact) mass is 469 g/mol. The van der Waals surface area contributed by atoms with Crippen molar-refractivity contribution in [2.24, 2.45) is 0 Å². The van der Waals surface area contributed by atoms with Crippen molar-refractivity contribution in [2.45, 2.75) is 33.4 Å². The highest BCUT2D eigenvalue weighted by molar-refractivity contribution is 6.31. The maximum absolute atomic E-state index is 13.6. The number of carbonyl (C=O) groups excluding carboxylic acids is 1. The van der Waals surface area contributed by atoms with Crippen molar-refractivity contribution in [3.63, 3.8) is 0 Å². The lowest BCUT2D eigenvalue weighted by Crippen LogP contribution is -2.25. The molecule has 2 aromatic carbocycles. The number of hydrogen-bond donors (Lipinski definition) is 1. The fourth-order valence-electron chi connectivity index (χ4n) is 3.01. The molecule has 170 valence electrons. The molecule has 0 saturated carbocycles. The van der Waals surface area contributed by atoms with Crippen LogP contribution >= 0.6 is 11.6 Å². The van der Waals surface area contributed by atoms with Gasteiger partial charge in [-0.05, 0) is 38.0 Å². The standard InChI is InChI=1S/C22H20ClF4N3O2/c1-12-18(23)13(2)30(29-12)9-3-8-28-22(31)15-6-4-14(5-7-15)11-32-21-19(26)16(24)10-17(25)20(21)27/h4-7,10H,3,8-9,11H2,1-2H3,(H,28,31). The highest BCUT2D eigenvalue weighted by Gasteiger charge is 2.20. The number of hydrogen-bond acceptors (Lipinski definition) is 3. The molecule has 0 aliphatic rings. The van der Waals surface area contributed by atoms with Gasteiger partial charge >= 0.3 is 0 Å². The predicted octanol–water partition coefficient (Wildman–Crippen LogP) is 5.11. The Balaban J connectivity index is 1.51. The van der Waals surface area contributed by atoms with Gasteiger partial charge in [-0.1, -0.05) is 23.7 Å². The van der Waals surface area contributed by atoms with E-state index in [0.717, 1.165) is 11.4 Å². The zero-order chi connectivity index (χ0) is 23.4. The summed E-state index contributed by atoms with van der Waals surface area (Å²) in [5, 5.41) is 7.74. The SMILES string of the molecule is Cc1nn(CCCNC(=O)c2ccc(COc3c(F)c(F)cc(F)c3F)cc2)c(C)c1Cl. The van der Waals surface area contributed by atoms with Crippen LogP contribution in [0.4, 0.5) is 17.6 Å². The Hall–Kier alpha value is -3.07. The maximum atomic E-state index is 13.6. The predicted molar refractivity (Wildman–Crippen MR) is 111 cm³/mol. The van der Waals surface area contributed by atoms with Gasteiger partial charge in [-0.15, -0.1) is 0 Å². The van der Waals surface area contributed by atoms with E-state index in [-0.39, 0.29) is 18.6 Å².